The van der Waals surface area contributed by atoms with Crippen molar-refractivity contribution in [2.24, 2.45) is 5.92 Å². The lowest BCUT2D eigenvalue weighted by molar-refractivity contribution is -0.138. The molecule has 3 aliphatic rings. The third-order valence-corrected chi connectivity index (χ3v) is 11.6. The van der Waals surface area contributed by atoms with E-state index in [1.165, 1.54) is 6.07 Å². The van der Waals surface area contributed by atoms with Gasteiger partial charge in [0.15, 0.2) is 10.9 Å². The first kappa shape index (κ1) is 43.4. The second kappa shape index (κ2) is 18.0. The number of aliphatic hydroxyl groups is 1. The van der Waals surface area contributed by atoms with E-state index in [2.05, 4.69) is 10.2 Å². The number of aliphatic hydroxyl groups excluding tert-OH is 1. The van der Waals surface area contributed by atoms with Crippen LogP contribution in [0.1, 0.15) is 61.4 Å². The molecule has 6 rings (SSSR count). The number of anilines is 2. The van der Waals surface area contributed by atoms with Crippen molar-refractivity contribution in [3.8, 4) is 11.8 Å². The summed E-state index contributed by atoms with van der Waals surface area (Å²) in [6, 6.07) is 17.4. The van der Waals surface area contributed by atoms with Crippen LogP contribution < -0.4 is 19.9 Å². The average Bonchev–Trinajstić information content (AvgIpc) is 3.37. The number of rotatable bonds is 14. The number of hydrogen-bond acceptors (Lipinski definition) is 10. The highest BCUT2D eigenvalue weighted by molar-refractivity contribution is 7.81. The molecule has 3 aliphatic heterocycles. The zero-order valence-corrected chi connectivity index (χ0v) is 34.0. The zero-order chi connectivity index (χ0) is 42.6. The first-order chi connectivity index (χ1) is 28.0. The highest BCUT2D eigenvalue weighted by Gasteiger charge is 2.51. The standard InChI is InChI=1S/C43H47F3N6O6S/c1-4-29-21-33(52-41(59)51(40(57)42(52,2)3)32-10-8-31(23-47)36(22-32)43(44,45)46)11-12-37(29)58-17-16-49-14-15-50(34(24-49)26-53)25-35(54)20-28-7-5-6-27(18-28)19-30-9-13-38(55)48-39(30)56/h5-8,10-12,18,21-22,30,34,53H,4,9,13-17,19-20,24-26H2,1-3H3,(H,48,55,56)/t30?,34-/m0/s1. The van der Waals surface area contributed by atoms with Gasteiger partial charge >= 0.3 is 6.18 Å². The summed E-state index contributed by atoms with van der Waals surface area (Å²) in [5.41, 5.74) is 0.169. The summed E-state index contributed by atoms with van der Waals surface area (Å²) in [5, 5.41) is 21.9. The summed E-state index contributed by atoms with van der Waals surface area (Å²) >= 11 is 5.71. The molecule has 0 bridgehead atoms. The highest BCUT2D eigenvalue weighted by atomic mass is 32.1. The minimum atomic E-state index is -4.80. The van der Waals surface area contributed by atoms with Crippen molar-refractivity contribution in [1.29, 1.82) is 5.26 Å². The maximum Gasteiger partial charge on any atom is 0.417 e. The van der Waals surface area contributed by atoms with Gasteiger partial charge in [-0.3, -0.25) is 39.2 Å². The molecule has 16 heteroatoms. The van der Waals surface area contributed by atoms with E-state index in [-0.39, 0.29) is 59.9 Å². The molecule has 3 aromatic rings. The molecule has 59 heavy (non-hydrogen) atoms. The van der Waals surface area contributed by atoms with Crippen molar-refractivity contribution in [2.45, 2.75) is 70.6 Å². The Morgan fingerprint density at radius 2 is 1.80 bits per heavy atom. The molecule has 2 N–H and O–H groups in total. The Kier molecular flexibility index (Phi) is 13.2. The Hall–Kier alpha value is -5.21. The Morgan fingerprint density at radius 3 is 2.49 bits per heavy atom. The fourth-order valence-electron chi connectivity index (χ4n) is 8.00. The Balaban J connectivity index is 1.03. The van der Waals surface area contributed by atoms with Crippen LogP contribution in [-0.2, 0) is 44.6 Å². The van der Waals surface area contributed by atoms with Gasteiger partial charge in [-0.2, -0.15) is 18.4 Å². The first-order valence-corrected chi connectivity index (χ1v) is 20.0. The Bertz CT molecular complexity index is 2170. The van der Waals surface area contributed by atoms with Gasteiger partial charge < -0.3 is 14.7 Å². The van der Waals surface area contributed by atoms with Crippen molar-refractivity contribution in [2.75, 3.05) is 55.7 Å². The maximum atomic E-state index is 13.8. The van der Waals surface area contributed by atoms with Crippen LogP contribution >= 0.6 is 12.2 Å². The molecule has 3 saturated heterocycles. The topological polar surface area (TPSA) is 147 Å². The minimum Gasteiger partial charge on any atom is -0.492 e. The number of carbonyl (C=O) groups is 4. The number of piperidine rings is 1. The molecule has 1 unspecified atom stereocenters. The normalized spacial score (nSPS) is 20.2. The fraction of sp³-hybridized carbons (Fsp3) is 0.442. The third-order valence-electron chi connectivity index (χ3n) is 11.2. The number of nitrogens with zero attached hydrogens (tertiary/aromatic N) is 5. The number of aryl methyl sites for hydroxylation is 1. The van der Waals surface area contributed by atoms with Gasteiger partial charge in [-0.25, -0.2) is 0 Å². The van der Waals surface area contributed by atoms with Gasteiger partial charge in [0, 0.05) is 56.7 Å². The number of benzene rings is 3. The average molecular weight is 833 g/mol. The minimum absolute atomic E-state index is 0.00377. The van der Waals surface area contributed by atoms with E-state index in [9.17, 15) is 42.7 Å². The summed E-state index contributed by atoms with van der Waals surface area (Å²) in [7, 11) is 0. The number of imide groups is 1. The van der Waals surface area contributed by atoms with E-state index >= 15 is 0 Å². The molecular formula is C43H47F3N6O6S. The number of ether oxygens (including phenoxy) is 1. The number of amides is 3. The lowest BCUT2D eigenvalue weighted by Gasteiger charge is -2.40. The summed E-state index contributed by atoms with van der Waals surface area (Å²) in [4.78, 5) is 57.5. The molecular weight excluding hydrogens is 786 g/mol. The van der Waals surface area contributed by atoms with E-state index in [1.54, 1.807) is 36.9 Å². The molecule has 312 valence electrons. The van der Waals surface area contributed by atoms with Crippen molar-refractivity contribution in [1.82, 2.24) is 15.1 Å². The van der Waals surface area contributed by atoms with Crippen LogP contribution in [0.4, 0.5) is 24.5 Å². The number of hydrogen-bond donors (Lipinski definition) is 2. The monoisotopic (exact) mass is 832 g/mol. The molecule has 0 aliphatic carbocycles. The number of carbonyl (C=O) groups excluding carboxylic acids is 4. The molecule has 3 heterocycles. The van der Waals surface area contributed by atoms with Gasteiger partial charge in [-0.1, -0.05) is 31.2 Å². The van der Waals surface area contributed by atoms with Crippen LogP contribution in [0.2, 0.25) is 0 Å². The third kappa shape index (κ3) is 9.65. The molecule has 0 aromatic heterocycles. The summed E-state index contributed by atoms with van der Waals surface area (Å²) < 4.78 is 47.6. The molecule has 2 atom stereocenters. The quantitative estimate of drug-likeness (QED) is 0.170. The Morgan fingerprint density at radius 1 is 1.05 bits per heavy atom. The van der Waals surface area contributed by atoms with Gasteiger partial charge in [0.2, 0.25) is 11.8 Å². The molecule has 12 nitrogen and oxygen atoms in total. The van der Waals surface area contributed by atoms with Gasteiger partial charge in [0.05, 0.1) is 36.0 Å². The molecule has 3 amide bonds. The number of nitriles is 1. The zero-order valence-electron chi connectivity index (χ0n) is 33.2. The summed E-state index contributed by atoms with van der Waals surface area (Å²) in [6.07, 6.45) is -2.67. The fourth-order valence-corrected chi connectivity index (χ4v) is 8.52. The van der Waals surface area contributed by atoms with Crippen molar-refractivity contribution in [3.63, 3.8) is 0 Å². The molecule has 0 radical (unpaired) electrons. The number of Topliss-reactive ketones (excluding diaryl/α,β-unsaturated/α-hetero) is 1. The first-order valence-electron chi connectivity index (χ1n) is 19.6. The van der Waals surface area contributed by atoms with Crippen LogP contribution in [0.25, 0.3) is 0 Å². The van der Waals surface area contributed by atoms with Gasteiger partial charge in [0.1, 0.15) is 17.9 Å². The van der Waals surface area contributed by atoms with E-state index in [0.717, 1.165) is 33.7 Å². The van der Waals surface area contributed by atoms with E-state index < -0.39 is 28.7 Å². The van der Waals surface area contributed by atoms with Crippen molar-refractivity contribution < 1.29 is 42.2 Å². The second-order valence-electron chi connectivity index (χ2n) is 15.6. The van der Waals surface area contributed by atoms with Gasteiger partial charge in [-0.15, -0.1) is 0 Å². The second-order valence-corrected chi connectivity index (χ2v) is 16.0. The van der Waals surface area contributed by atoms with E-state index in [1.807, 2.05) is 42.2 Å². The van der Waals surface area contributed by atoms with Crippen LogP contribution in [-0.4, -0.2) is 101 Å². The Labute approximate surface area is 346 Å². The number of thiocarbonyl (C=S) groups is 1. The maximum absolute atomic E-state index is 13.8. The predicted molar refractivity (Wildman–Crippen MR) is 218 cm³/mol. The van der Waals surface area contributed by atoms with Crippen LogP contribution in [0.3, 0.4) is 0 Å². The number of ketones is 1. The highest BCUT2D eigenvalue weighted by Crippen LogP contribution is 2.40. The summed E-state index contributed by atoms with van der Waals surface area (Å²) in [5.74, 6) is -0.646. The lowest BCUT2D eigenvalue weighted by atomic mass is 9.90. The predicted octanol–water partition coefficient (Wildman–Crippen LogP) is 4.82. The number of nitrogens with one attached hydrogen (secondary N) is 1. The smallest absolute Gasteiger partial charge is 0.417 e. The lowest BCUT2D eigenvalue weighted by Crippen LogP contribution is -2.56. The van der Waals surface area contributed by atoms with Crippen LogP contribution in [0, 0.1) is 17.2 Å². The number of halogens is 3. The van der Waals surface area contributed by atoms with Gasteiger partial charge in [0.25, 0.3) is 5.91 Å². The molecule has 0 saturated carbocycles. The molecule has 3 fully saturated rings. The van der Waals surface area contributed by atoms with Gasteiger partial charge in [-0.05, 0) is 98.4 Å². The largest absolute Gasteiger partial charge is 0.492 e. The molecule has 3 aromatic carbocycles. The SMILES string of the molecule is CCc1cc(N2C(=S)N(c3ccc(C#N)c(C(F)(F)F)c3)C(=O)C2(C)C)ccc1OCCN1CCN(CC(=O)Cc2cccc(CC3CCC(=O)NC3=O)c2)[C@H](CO)C1. The van der Waals surface area contributed by atoms with Crippen LogP contribution in [0.5, 0.6) is 5.75 Å². The number of alkyl halides is 3. The van der Waals surface area contributed by atoms with E-state index in [4.69, 9.17) is 17.0 Å². The molecule has 0 spiro atoms. The van der Waals surface area contributed by atoms with Crippen molar-refractivity contribution in [3.05, 3.63) is 88.5 Å². The van der Waals surface area contributed by atoms with E-state index in [0.29, 0.717) is 69.9 Å². The van der Waals surface area contributed by atoms with Crippen molar-refractivity contribution >= 4 is 52.2 Å². The van der Waals surface area contributed by atoms with Crippen LogP contribution in [0.15, 0.2) is 60.7 Å². The number of piperazine rings is 1. The summed E-state index contributed by atoms with van der Waals surface area (Å²) in [6.45, 7) is 8.05.